The number of ether oxygens (including phenoxy) is 2. The molecule has 0 saturated heterocycles. The summed E-state index contributed by atoms with van der Waals surface area (Å²) in [6.45, 7) is 10.0. The van der Waals surface area contributed by atoms with E-state index < -0.39 is 6.10 Å². The number of carbonyl (C=O) groups excluding carboxylic acids is 1. The maximum atomic E-state index is 11.9. The molecule has 0 fully saturated rings. The normalized spacial score (nSPS) is 15.4. The Balaban J connectivity index is 2.03. The molecule has 1 atom stereocenters. The van der Waals surface area contributed by atoms with E-state index in [1.807, 2.05) is 24.0 Å². The first-order valence-electron chi connectivity index (χ1n) is 9.27. The van der Waals surface area contributed by atoms with Crippen LogP contribution in [0.2, 0.25) is 0 Å². The van der Waals surface area contributed by atoms with Crippen molar-refractivity contribution in [3.8, 4) is 11.5 Å². The lowest BCUT2D eigenvalue weighted by atomic mass is 9.98. The lowest BCUT2D eigenvalue weighted by molar-refractivity contribution is -0.131. The zero-order valence-electron chi connectivity index (χ0n) is 16.6. The van der Waals surface area contributed by atoms with Crippen LogP contribution in [0.3, 0.4) is 0 Å². The first-order chi connectivity index (χ1) is 12.2. The Morgan fingerprint density at radius 2 is 2.00 bits per heavy atom. The van der Waals surface area contributed by atoms with Gasteiger partial charge >= 0.3 is 0 Å². The van der Waals surface area contributed by atoms with Gasteiger partial charge in [-0.3, -0.25) is 4.79 Å². The summed E-state index contributed by atoms with van der Waals surface area (Å²) in [4.78, 5) is 13.8. The highest BCUT2D eigenvalue weighted by atomic mass is 16.5. The molecular formula is C20H32N2O4. The van der Waals surface area contributed by atoms with Gasteiger partial charge in [0.05, 0.1) is 7.11 Å². The smallest absolute Gasteiger partial charge is 0.222 e. The molecule has 0 saturated carbocycles. The molecule has 1 amide bonds. The van der Waals surface area contributed by atoms with Crippen LogP contribution in [0.5, 0.6) is 11.5 Å². The lowest BCUT2D eigenvalue weighted by Crippen LogP contribution is -2.42. The quantitative estimate of drug-likeness (QED) is 0.775. The number of hydrogen-bond acceptors (Lipinski definition) is 5. The molecule has 6 nitrogen and oxygen atoms in total. The predicted octanol–water partition coefficient (Wildman–Crippen LogP) is 2.12. The first kappa shape index (κ1) is 20.5. The van der Waals surface area contributed by atoms with Gasteiger partial charge in [-0.05, 0) is 50.5 Å². The van der Waals surface area contributed by atoms with E-state index in [2.05, 4.69) is 26.1 Å². The molecular weight excluding hydrogens is 332 g/mol. The second-order valence-corrected chi connectivity index (χ2v) is 7.79. The fraction of sp³-hybridized carbons (Fsp3) is 0.650. The average Bonchev–Trinajstić information content (AvgIpc) is 2.62. The molecule has 0 aromatic heterocycles. The summed E-state index contributed by atoms with van der Waals surface area (Å²) >= 11 is 0. The van der Waals surface area contributed by atoms with Crippen LogP contribution in [0.4, 0.5) is 0 Å². The van der Waals surface area contributed by atoms with E-state index >= 15 is 0 Å². The SMILES string of the molecule is CCC(=O)N1CCc2cc(OCC(O)CNC(C)(C)C)c(OC)cc2C1. The number of aliphatic hydroxyl groups excluding tert-OH is 1. The van der Waals surface area contributed by atoms with Gasteiger partial charge < -0.3 is 24.8 Å². The third kappa shape index (κ3) is 5.61. The molecule has 0 radical (unpaired) electrons. The average molecular weight is 364 g/mol. The maximum absolute atomic E-state index is 11.9. The number of carbonyl (C=O) groups is 1. The number of methoxy groups -OCH3 is 1. The van der Waals surface area contributed by atoms with Gasteiger partial charge in [0.15, 0.2) is 11.5 Å². The number of β-amino-alcohol motifs (C(OH)–C–C–N with tert-alkyl or cyclic N) is 1. The summed E-state index contributed by atoms with van der Waals surface area (Å²) < 4.78 is 11.3. The molecule has 1 heterocycles. The van der Waals surface area contributed by atoms with E-state index in [0.29, 0.717) is 31.0 Å². The highest BCUT2D eigenvalue weighted by Crippen LogP contribution is 2.33. The minimum Gasteiger partial charge on any atom is -0.493 e. The van der Waals surface area contributed by atoms with Crippen LogP contribution < -0.4 is 14.8 Å². The van der Waals surface area contributed by atoms with Crippen molar-refractivity contribution in [3.63, 3.8) is 0 Å². The molecule has 2 rings (SSSR count). The molecule has 1 unspecified atom stereocenters. The Morgan fingerprint density at radius 1 is 1.31 bits per heavy atom. The largest absolute Gasteiger partial charge is 0.493 e. The fourth-order valence-corrected chi connectivity index (χ4v) is 2.94. The van der Waals surface area contributed by atoms with Crippen LogP contribution in [0.25, 0.3) is 0 Å². The Hall–Kier alpha value is -1.79. The molecule has 6 heteroatoms. The summed E-state index contributed by atoms with van der Waals surface area (Å²) in [5, 5.41) is 13.4. The van der Waals surface area contributed by atoms with Gasteiger partial charge in [-0.25, -0.2) is 0 Å². The minimum atomic E-state index is -0.604. The van der Waals surface area contributed by atoms with Crippen molar-refractivity contribution in [2.24, 2.45) is 0 Å². The van der Waals surface area contributed by atoms with Crippen LogP contribution >= 0.6 is 0 Å². The van der Waals surface area contributed by atoms with Crippen molar-refractivity contribution in [3.05, 3.63) is 23.3 Å². The number of nitrogens with one attached hydrogen (secondary N) is 1. The van der Waals surface area contributed by atoms with Gasteiger partial charge in [-0.1, -0.05) is 6.92 Å². The van der Waals surface area contributed by atoms with Crippen molar-refractivity contribution >= 4 is 5.91 Å². The van der Waals surface area contributed by atoms with Gasteiger partial charge in [0.2, 0.25) is 5.91 Å². The van der Waals surface area contributed by atoms with E-state index in [0.717, 1.165) is 18.5 Å². The second kappa shape index (κ2) is 8.73. The Kier molecular flexibility index (Phi) is 6.89. The van der Waals surface area contributed by atoms with E-state index in [-0.39, 0.29) is 18.1 Å². The summed E-state index contributed by atoms with van der Waals surface area (Å²) in [5.41, 5.74) is 2.21. The number of hydrogen-bond donors (Lipinski definition) is 2. The van der Waals surface area contributed by atoms with Gasteiger partial charge in [-0.2, -0.15) is 0 Å². The molecule has 26 heavy (non-hydrogen) atoms. The molecule has 1 aliphatic rings. The summed E-state index contributed by atoms with van der Waals surface area (Å²) in [5.74, 6) is 1.44. The third-order valence-corrected chi connectivity index (χ3v) is 4.45. The predicted molar refractivity (Wildman–Crippen MR) is 102 cm³/mol. The molecule has 2 N–H and O–H groups in total. The maximum Gasteiger partial charge on any atom is 0.222 e. The van der Waals surface area contributed by atoms with Gasteiger partial charge in [0, 0.05) is 31.6 Å². The molecule has 1 aliphatic heterocycles. The lowest BCUT2D eigenvalue weighted by Gasteiger charge is -2.29. The van der Waals surface area contributed by atoms with Crippen molar-refractivity contribution in [1.29, 1.82) is 0 Å². The topological polar surface area (TPSA) is 71.0 Å². The Morgan fingerprint density at radius 3 is 2.62 bits per heavy atom. The standard InChI is InChI=1S/C20H32N2O4/c1-6-19(24)22-8-7-14-9-18(17(25-5)10-15(14)12-22)26-13-16(23)11-21-20(2,3)4/h9-10,16,21,23H,6-8,11-13H2,1-5H3. The van der Waals surface area contributed by atoms with E-state index in [1.54, 1.807) is 7.11 Å². The van der Waals surface area contributed by atoms with Crippen molar-refractivity contribution in [1.82, 2.24) is 10.2 Å². The highest BCUT2D eigenvalue weighted by Gasteiger charge is 2.22. The van der Waals surface area contributed by atoms with Crippen LogP contribution in [0, 0.1) is 0 Å². The summed E-state index contributed by atoms with van der Waals surface area (Å²) in [7, 11) is 1.60. The zero-order valence-corrected chi connectivity index (χ0v) is 16.6. The number of benzene rings is 1. The minimum absolute atomic E-state index is 0.0493. The Bertz CT molecular complexity index is 625. The van der Waals surface area contributed by atoms with Crippen molar-refractivity contribution in [2.75, 3.05) is 26.8 Å². The van der Waals surface area contributed by atoms with Crippen LogP contribution in [-0.4, -0.2) is 54.4 Å². The van der Waals surface area contributed by atoms with E-state index in [4.69, 9.17) is 9.47 Å². The summed E-state index contributed by atoms with van der Waals surface area (Å²) in [6.07, 6.45) is 0.719. The molecule has 0 aliphatic carbocycles. The van der Waals surface area contributed by atoms with Gasteiger partial charge in [0.1, 0.15) is 12.7 Å². The monoisotopic (exact) mass is 364 g/mol. The number of fused-ring (bicyclic) bond motifs is 1. The summed E-state index contributed by atoms with van der Waals surface area (Å²) in [6, 6.07) is 3.92. The molecule has 146 valence electrons. The highest BCUT2D eigenvalue weighted by molar-refractivity contribution is 5.76. The van der Waals surface area contributed by atoms with Crippen LogP contribution in [0.1, 0.15) is 45.2 Å². The number of nitrogens with zero attached hydrogens (tertiary/aromatic N) is 1. The second-order valence-electron chi connectivity index (χ2n) is 7.79. The van der Waals surface area contributed by atoms with Crippen LogP contribution in [-0.2, 0) is 17.8 Å². The zero-order chi connectivity index (χ0) is 19.3. The van der Waals surface area contributed by atoms with Crippen molar-refractivity contribution in [2.45, 2.75) is 58.7 Å². The van der Waals surface area contributed by atoms with Crippen LogP contribution in [0.15, 0.2) is 12.1 Å². The van der Waals surface area contributed by atoms with Gasteiger partial charge in [-0.15, -0.1) is 0 Å². The van der Waals surface area contributed by atoms with E-state index in [1.165, 1.54) is 5.56 Å². The molecule has 1 aromatic carbocycles. The number of rotatable bonds is 7. The first-order valence-corrected chi connectivity index (χ1v) is 9.27. The number of amides is 1. The Labute approximate surface area is 156 Å². The van der Waals surface area contributed by atoms with E-state index in [9.17, 15) is 9.90 Å². The molecule has 0 spiro atoms. The number of aliphatic hydroxyl groups is 1. The fourth-order valence-electron chi connectivity index (χ4n) is 2.94. The van der Waals surface area contributed by atoms with Crippen molar-refractivity contribution < 1.29 is 19.4 Å². The molecule has 0 bridgehead atoms. The van der Waals surface area contributed by atoms with Gasteiger partial charge in [0.25, 0.3) is 0 Å². The third-order valence-electron chi connectivity index (χ3n) is 4.45. The molecule has 1 aromatic rings.